The predicted molar refractivity (Wildman–Crippen MR) is 95.9 cm³/mol. The molecule has 0 atom stereocenters. The molecule has 1 heterocycles. The van der Waals surface area contributed by atoms with Gasteiger partial charge in [0.25, 0.3) is 5.69 Å². The summed E-state index contributed by atoms with van der Waals surface area (Å²) >= 11 is 5.74. The molecule has 0 aliphatic heterocycles. The fourth-order valence-electron chi connectivity index (χ4n) is 2.57. The molecular weight excluding hydrogens is 360 g/mol. The summed E-state index contributed by atoms with van der Waals surface area (Å²) in [5.41, 5.74) is 0.839. The third-order valence-corrected chi connectivity index (χ3v) is 4.06. The highest BCUT2D eigenvalue weighted by atomic mass is 35.5. The van der Waals surface area contributed by atoms with Gasteiger partial charge < -0.3 is 9.72 Å². The van der Waals surface area contributed by atoms with Crippen molar-refractivity contribution in [1.82, 2.24) is 4.98 Å². The lowest BCUT2D eigenvalue weighted by Crippen LogP contribution is -2.10. The van der Waals surface area contributed by atoms with E-state index in [1.807, 2.05) is 0 Å². The van der Waals surface area contributed by atoms with Gasteiger partial charge >= 0.3 is 5.97 Å². The molecule has 0 spiro atoms. The quantitative estimate of drug-likeness (QED) is 0.498. The number of aromatic amines is 1. The highest BCUT2D eigenvalue weighted by Gasteiger charge is 2.23. The van der Waals surface area contributed by atoms with Gasteiger partial charge in [-0.15, -0.1) is 0 Å². The van der Waals surface area contributed by atoms with Crippen LogP contribution in [0.4, 0.5) is 5.69 Å². The zero-order valence-corrected chi connectivity index (χ0v) is 14.2. The number of nitrogens with zero attached hydrogens (tertiary/aromatic N) is 1. The summed E-state index contributed by atoms with van der Waals surface area (Å²) < 4.78 is 5.27. The first-order chi connectivity index (χ1) is 12.4. The van der Waals surface area contributed by atoms with Crippen LogP contribution in [0.3, 0.4) is 0 Å². The number of rotatable bonds is 4. The minimum atomic E-state index is -0.815. The van der Waals surface area contributed by atoms with Crippen molar-refractivity contribution in [3.63, 3.8) is 0 Å². The maximum atomic E-state index is 12.3. The van der Waals surface area contributed by atoms with Gasteiger partial charge in [0.2, 0.25) is 5.56 Å². The Balaban J connectivity index is 1.79. The second-order valence-corrected chi connectivity index (χ2v) is 6.00. The van der Waals surface area contributed by atoms with E-state index in [0.29, 0.717) is 24.3 Å². The Hall–Kier alpha value is -3.19. The number of aromatic nitrogens is 1. The van der Waals surface area contributed by atoms with Gasteiger partial charge in [-0.25, -0.2) is 4.79 Å². The number of halogens is 1. The fourth-order valence-corrected chi connectivity index (χ4v) is 2.73. The molecule has 2 aromatic rings. The Labute approximate surface area is 152 Å². The van der Waals surface area contributed by atoms with Crippen molar-refractivity contribution >= 4 is 28.8 Å². The lowest BCUT2D eigenvalue weighted by molar-refractivity contribution is -0.385. The van der Waals surface area contributed by atoms with E-state index in [4.69, 9.17) is 16.3 Å². The molecule has 1 aromatic heterocycles. The van der Waals surface area contributed by atoms with Gasteiger partial charge in [-0.3, -0.25) is 14.9 Å². The van der Waals surface area contributed by atoms with Crippen molar-refractivity contribution < 1.29 is 14.5 Å². The Kier molecular flexibility index (Phi) is 4.99. The number of hydrogen-bond donors (Lipinski definition) is 1. The molecule has 0 bridgehead atoms. The number of pyridine rings is 1. The maximum absolute atomic E-state index is 12.3. The number of ether oxygens (including phenoxy) is 1. The average molecular weight is 373 g/mol. The lowest BCUT2D eigenvalue weighted by Gasteiger charge is -2.15. The summed E-state index contributed by atoms with van der Waals surface area (Å²) in [4.78, 5) is 36.8. The molecule has 3 rings (SSSR count). The van der Waals surface area contributed by atoms with E-state index in [-0.39, 0.29) is 16.1 Å². The number of carbonyl (C=O) groups excluding carboxylic acids is 1. The minimum absolute atomic E-state index is 0.162. The molecule has 0 amide bonds. The lowest BCUT2D eigenvalue weighted by atomic mass is 10.0. The van der Waals surface area contributed by atoms with E-state index >= 15 is 0 Å². The minimum Gasteiger partial charge on any atom is -0.427 e. The smallest absolute Gasteiger partial charge is 0.350 e. The highest BCUT2D eigenvalue weighted by molar-refractivity contribution is 6.31. The van der Waals surface area contributed by atoms with Crippen LogP contribution in [0, 0.1) is 10.1 Å². The molecule has 1 N–H and O–H groups in total. The summed E-state index contributed by atoms with van der Waals surface area (Å²) in [5, 5.41) is 11.2. The van der Waals surface area contributed by atoms with Crippen LogP contribution in [0.15, 0.2) is 59.1 Å². The van der Waals surface area contributed by atoms with Gasteiger partial charge in [-0.2, -0.15) is 0 Å². The molecule has 0 unspecified atom stereocenters. The second kappa shape index (κ2) is 7.37. The maximum Gasteiger partial charge on any atom is 0.350 e. The zero-order valence-electron chi connectivity index (χ0n) is 13.4. The van der Waals surface area contributed by atoms with Gasteiger partial charge in [0, 0.05) is 29.3 Å². The number of hydrogen-bond acceptors (Lipinski definition) is 5. The Morgan fingerprint density at radius 1 is 1.19 bits per heavy atom. The van der Waals surface area contributed by atoms with E-state index in [2.05, 4.69) is 4.98 Å². The molecule has 0 saturated heterocycles. The van der Waals surface area contributed by atoms with Crippen LogP contribution >= 0.6 is 11.6 Å². The fraction of sp³-hybridized carbons (Fsp3) is 0.111. The Morgan fingerprint density at radius 3 is 2.65 bits per heavy atom. The molecule has 1 aliphatic rings. The van der Waals surface area contributed by atoms with Gasteiger partial charge in [-0.1, -0.05) is 23.7 Å². The Morgan fingerprint density at radius 2 is 2.00 bits per heavy atom. The van der Waals surface area contributed by atoms with Crippen LogP contribution < -0.4 is 5.56 Å². The highest BCUT2D eigenvalue weighted by Crippen LogP contribution is 2.28. The van der Waals surface area contributed by atoms with Crippen LogP contribution in [0.25, 0.3) is 5.57 Å². The number of nitro groups is 1. The summed E-state index contributed by atoms with van der Waals surface area (Å²) in [6.07, 6.45) is 4.34. The van der Waals surface area contributed by atoms with Crippen LogP contribution in [-0.4, -0.2) is 15.9 Å². The SMILES string of the molecule is O=C(OC1=CC=C(c2cccc(=O)[nH]2)CC1)c1ccc(Cl)cc1[N+](=O)[O-]. The molecule has 0 saturated carbocycles. The van der Waals surface area contributed by atoms with Gasteiger partial charge in [0.05, 0.1) is 4.92 Å². The van der Waals surface area contributed by atoms with Crippen LogP contribution in [0.2, 0.25) is 5.02 Å². The molecule has 26 heavy (non-hydrogen) atoms. The second-order valence-electron chi connectivity index (χ2n) is 5.56. The average Bonchev–Trinajstić information content (AvgIpc) is 2.62. The standard InChI is InChI=1S/C18H13ClN2O5/c19-12-6-9-14(16(10-12)21(24)25)18(23)26-13-7-4-11(5-8-13)15-2-1-3-17(22)20-15/h1-4,6-7,9-10H,5,8H2,(H,20,22). The molecule has 1 aromatic carbocycles. The number of esters is 1. The third kappa shape index (κ3) is 3.89. The molecule has 7 nitrogen and oxygen atoms in total. The molecule has 0 fully saturated rings. The molecule has 132 valence electrons. The van der Waals surface area contributed by atoms with Crippen molar-refractivity contribution in [1.29, 1.82) is 0 Å². The van der Waals surface area contributed by atoms with Gasteiger partial charge in [-0.05, 0) is 36.3 Å². The number of nitro benzene ring substituents is 1. The monoisotopic (exact) mass is 372 g/mol. The van der Waals surface area contributed by atoms with Gasteiger partial charge in [0.1, 0.15) is 11.3 Å². The summed E-state index contributed by atoms with van der Waals surface area (Å²) in [7, 11) is 0. The van der Waals surface area contributed by atoms with E-state index in [1.165, 1.54) is 18.2 Å². The van der Waals surface area contributed by atoms with Gasteiger partial charge in [0.15, 0.2) is 0 Å². The van der Waals surface area contributed by atoms with Crippen molar-refractivity contribution in [2.75, 3.05) is 0 Å². The topological polar surface area (TPSA) is 102 Å². The number of benzene rings is 1. The van der Waals surface area contributed by atoms with Crippen molar-refractivity contribution in [2.45, 2.75) is 12.8 Å². The molecule has 1 aliphatic carbocycles. The van der Waals surface area contributed by atoms with E-state index in [9.17, 15) is 19.7 Å². The van der Waals surface area contributed by atoms with E-state index < -0.39 is 16.6 Å². The zero-order chi connectivity index (χ0) is 18.7. The normalized spacial score (nSPS) is 13.6. The first-order valence-electron chi connectivity index (χ1n) is 7.69. The van der Waals surface area contributed by atoms with Crippen LogP contribution in [0.5, 0.6) is 0 Å². The Bertz CT molecular complexity index is 1010. The molecule has 8 heteroatoms. The largest absolute Gasteiger partial charge is 0.427 e. The number of nitrogens with one attached hydrogen (secondary N) is 1. The van der Waals surface area contributed by atoms with E-state index in [0.717, 1.165) is 11.6 Å². The predicted octanol–water partition coefficient (Wildman–Crippen LogP) is 3.85. The number of H-pyrrole nitrogens is 1. The number of carbonyl (C=O) groups is 1. The first kappa shape index (κ1) is 17.6. The number of allylic oxidation sites excluding steroid dienone is 4. The summed E-state index contributed by atoms with van der Waals surface area (Å²) in [5.74, 6) is -0.425. The summed E-state index contributed by atoms with van der Waals surface area (Å²) in [6, 6.07) is 8.64. The van der Waals surface area contributed by atoms with Crippen LogP contribution in [0.1, 0.15) is 28.9 Å². The molecular formula is C18H13ClN2O5. The first-order valence-corrected chi connectivity index (χ1v) is 8.07. The van der Waals surface area contributed by atoms with Crippen molar-refractivity contribution in [3.8, 4) is 0 Å². The summed E-state index contributed by atoms with van der Waals surface area (Å²) in [6.45, 7) is 0. The van der Waals surface area contributed by atoms with E-state index in [1.54, 1.807) is 24.3 Å². The molecule has 0 radical (unpaired) electrons. The van der Waals surface area contributed by atoms with Crippen LogP contribution in [-0.2, 0) is 4.74 Å². The third-order valence-electron chi connectivity index (χ3n) is 3.83. The van der Waals surface area contributed by atoms with Crippen molar-refractivity contribution in [2.24, 2.45) is 0 Å². The van der Waals surface area contributed by atoms with Crippen molar-refractivity contribution in [3.05, 3.63) is 91.1 Å².